The molecule has 55 heavy (non-hydrogen) atoms. The maximum absolute atomic E-state index is 12.6. The van der Waals surface area contributed by atoms with Crippen LogP contribution >= 0.6 is 0 Å². The molecule has 0 aromatic heterocycles. The van der Waals surface area contributed by atoms with Crippen molar-refractivity contribution in [2.24, 2.45) is 20.5 Å². The number of anilines is 2. The van der Waals surface area contributed by atoms with Gasteiger partial charge < -0.3 is 9.50 Å². The molecule has 0 atom stereocenters. The second-order valence-corrected chi connectivity index (χ2v) is 16.0. The number of aryl methyl sites for hydroxylation is 1. The summed E-state index contributed by atoms with van der Waals surface area (Å²) in [6, 6.07) is 27.8. The molecule has 6 rings (SSSR count). The Balaban J connectivity index is 1.23. The highest BCUT2D eigenvalue weighted by Gasteiger charge is 2.21. The molecular weight excluding hydrogens is 777 g/mol. The first-order valence-corrected chi connectivity index (χ1v) is 19.9. The highest BCUT2D eigenvalue weighted by Crippen LogP contribution is 2.37. The number of benzene rings is 6. The van der Waals surface area contributed by atoms with E-state index in [-0.39, 0.29) is 27.4 Å². The molecule has 0 aliphatic heterocycles. The fourth-order valence-electron chi connectivity index (χ4n) is 5.01. The molecule has 6 aromatic carbocycles. The summed E-state index contributed by atoms with van der Waals surface area (Å²) in [6.45, 7) is 1.83. The fraction of sp³-hybridized carbons (Fsp3) is 0.0286. The fourth-order valence-corrected chi connectivity index (χ4v) is 7.11. The Bertz CT molecular complexity index is 2850. The van der Waals surface area contributed by atoms with Crippen LogP contribution in [0.4, 0.5) is 39.8 Å². The van der Waals surface area contributed by atoms with E-state index in [2.05, 4.69) is 25.8 Å². The average Bonchev–Trinajstić information content (AvgIpc) is 3.13. The quantitative estimate of drug-likeness (QED) is 0.0344. The van der Waals surface area contributed by atoms with Crippen LogP contribution in [0.2, 0.25) is 0 Å². The first-order chi connectivity index (χ1) is 26.0. The van der Waals surface area contributed by atoms with E-state index in [4.69, 9.17) is 4.18 Å². The molecule has 0 heterocycles. The summed E-state index contributed by atoms with van der Waals surface area (Å²) in [5.74, 6) is 0.0547. The predicted octanol–water partition coefficient (Wildman–Crippen LogP) is 8.89. The zero-order valence-corrected chi connectivity index (χ0v) is 30.5. The van der Waals surface area contributed by atoms with Gasteiger partial charge in [0.2, 0.25) is 0 Å². The third-order valence-electron chi connectivity index (χ3n) is 7.74. The van der Waals surface area contributed by atoms with Crippen molar-refractivity contribution in [1.82, 2.24) is 0 Å². The van der Waals surface area contributed by atoms with Crippen LogP contribution in [-0.2, 0) is 30.4 Å². The van der Waals surface area contributed by atoms with Crippen molar-refractivity contribution in [3.8, 4) is 5.75 Å². The largest absolute Gasteiger partial charge is 0.379 e. The van der Waals surface area contributed by atoms with E-state index >= 15 is 0 Å². The molecule has 0 spiro atoms. The summed E-state index contributed by atoms with van der Waals surface area (Å²) in [7, 11) is -13.5. The number of nitro benzene ring substituents is 1. The van der Waals surface area contributed by atoms with Crippen molar-refractivity contribution >= 4 is 80.9 Å². The van der Waals surface area contributed by atoms with Crippen molar-refractivity contribution in [3.05, 3.63) is 137 Å². The molecule has 280 valence electrons. The number of azo groups is 2. The predicted molar refractivity (Wildman–Crippen MR) is 200 cm³/mol. The zero-order chi connectivity index (χ0) is 39.5. The number of hydrogen-bond donors (Lipinski definition) is 3. The van der Waals surface area contributed by atoms with Gasteiger partial charge in [-0.3, -0.25) is 19.2 Å². The van der Waals surface area contributed by atoms with Gasteiger partial charge in [-0.1, -0.05) is 23.8 Å². The van der Waals surface area contributed by atoms with Crippen LogP contribution < -0.4 is 9.50 Å². The van der Waals surface area contributed by atoms with Gasteiger partial charge in [-0.15, -0.1) is 10.2 Å². The van der Waals surface area contributed by atoms with Crippen LogP contribution in [0.5, 0.6) is 5.75 Å². The van der Waals surface area contributed by atoms with E-state index in [9.17, 15) is 44.5 Å². The van der Waals surface area contributed by atoms with Gasteiger partial charge in [0.1, 0.15) is 15.5 Å². The molecule has 0 saturated carbocycles. The Morgan fingerprint density at radius 1 is 0.618 bits per heavy atom. The van der Waals surface area contributed by atoms with Gasteiger partial charge in [0, 0.05) is 28.6 Å². The average molecular weight is 803 g/mol. The molecule has 3 N–H and O–H groups in total. The molecule has 0 unspecified atom stereocenters. The van der Waals surface area contributed by atoms with Crippen LogP contribution in [0, 0.1) is 17.0 Å². The summed E-state index contributed by atoms with van der Waals surface area (Å²) in [4.78, 5) is 9.18. The third-order valence-corrected chi connectivity index (χ3v) is 10.7. The van der Waals surface area contributed by atoms with Crippen molar-refractivity contribution in [1.29, 1.82) is 0 Å². The van der Waals surface area contributed by atoms with Crippen molar-refractivity contribution < 1.29 is 43.5 Å². The number of non-ortho nitro benzene ring substituents is 1. The Morgan fingerprint density at radius 3 is 1.75 bits per heavy atom. The number of nitrogens with one attached hydrogen (secondary N) is 1. The van der Waals surface area contributed by atoms with Gasteiger partial charge in [-0.2, -0.15) is 35.5 Å². The Labute approximate surface area is 313 Å². The molecule has 6 aromatic rings. The monoisotopic (exact) mass is 802 g/mol. The molecular formula is C35H26N6O11S3. The number of nitro groups is 1. The molecule has 0 radical (unpaired) electrons. The second-order valence-electron chi connectivity index (χ2n) is 11.6. The van der Waals surface area contributed by atoms with E-state index in [1.54, 1.807) is 18.2 Å². The summed E-state index contributed by atoms with van der Waals surface area (Å²) >= 11 is 0. The lowest BCUT2D eigenvalue weighted by atomic mass is 10.1. The number of rotatable bonds is 12. The van der Waals surface area contributed by atoms with E-state index in [1.807, 2.05) is 6.92 Å². The molecule has 0 bridgehead atoms. The standard InChI is InChI=1S/C35H26N6O11S3/c1-22-2-13-28(14-3-22)55(50,51)52-27-11-8-25(9-12-27)38-39-32-18-19-33(31-21-29(53(44,45)46)15-16-30(31)32)40-37-24-6-4-23(5-7-24)36-34-17-10-26(41(42)43)20-35(34)54(47,48)49/h2-21,36H,1H3,(H,44,45,46)(H,47,48,49). The van der Waals surface area contributed by atoms with E-state index in [0.717, 1.165) is 23.8 Å². The smallest absolute Gasteiger partial charge is 0.339 e. The second kappa shape index (κ2) is 15.1. The van der Waals surface area contributed by atoms with E-state index < -0.39 is 50.8 Å². The van der Waals surface area contributed by atoms with Crippen LogP contribution in [0.15, 0.2) is 156 Å². The molecule has 0 amide bonds. The lowest BCUT2D eigenvalue weighted by molar-refractivity contribution is -0.385. The van der Waals surface area contributed by atoms with Crippen molar-refractivity contribution in [3.63, 3.8) is 0 Å². The normalized spacial score (nSPS) is 12.3. The molecule has 0 aliphatic carbocycles. The van der Waals surface area contributed by atoms with Crippen LogP contribution in [0.1, 0.15) is 5.56 Å². The first kappa shape index (κ1) is 38.3. The van der Waals surface area contributed by atoms with Crippen LogP contribution in [-0.4, -0.2) is 39.3 Å². The summed E-state index contributed by atoms with van der Waals surface area (Å²) in [5.41, 5.74) is 1.72. The molecule has 17 nitrogen and oxygen atoms in total. The zero-order valence-electron chi connectivity index (χ0n) is 28.1. The lowest BCUT2D eigenvalue weighted by Gasteiger charge is -2.10. The Hall–Kier alpha value is -6.45. The highest BCUT2D eigenvalue weighted by molar-refractivity contribution is 7.87. The molecule has 0 fully saturated rings. The minimum absolute atomic E-state index is 0.0000730. The highest BCUT2D eigenvalue weighted by atomic mass is 32.2. The maximum atomic E-state index is 12.6. The van der Waals surface area contributed by atoms with Gasteiger partial charge >= 0.3 is 10.1 Å². The van der Waals surface area contributed by atoms with Crippen molar-refractivity contribution in [2.75, 3.05) is 5.32 Å². The van der Waals surface area contributed by atoms with Crippen LogP contribution in [0.3, 0.4) is 0 Å². The summed E-state index contributed by atoms with van der Waals surface area (Å²) in [5, 5.41) is 31.5. The van der Waals surface area contributed by atoms with Gasteiger partial charge in [-0.25, -0.2) is 0 Å². The Kier molecular flexibility index (Phi) is 10.5. The van der Waals surface area contributed by atoms with Gasteiger partial charge in [0.15, 0.2) is 0 Å². The molecule has 0 aliphatic rings. The number of fused-ring (bicyclic) bond motifs is 1. The summed E-state index contributed by atoms with van der Waals surface area (Å²) in [6.07, 6.45) is 0. The van der Waals surface area contributed by atoms with Gasteiger partial charge in [0.25, 0.3) is 25.9 Å². The topological polar surface area (TPSA) is 257 Å². The SMILES string of the molecule is Cc1ccc(S(=O)(=O)Oc2ccc(N=Nc3ccc(N=Nc4ccc(Nc5ccc([N+](=O)[O-])cc5S(=O)(=O)O)cc4)c4cc(S(=O)(=O)O)ccc34)cc2)cc1. The first-order valence-electron chi connectivity index (χ1n) is 15.6. The van der Waals surface area contributed by atoms with E-state index in [1.165, 1.54) is 84.9 Å². The van der Waals surface area contributed by atoms with Gasteiger partial charge in [0.05, 0.1) is 38.3 Å². The van der Waals surface area contributed by atoms with E-state index in [0.29, 0.717) is 28.1 Å². The minimum atomic E-state index is -4.81. The van der Waals surface area contributed by atoms with Crippen molar-refractivity contribution in [2.45, 2.75) is 21.6 Å². The number of nitrogens with zero attached hydrogens (tertiary/aromatic N) is 5. The lowest BCUT2D eigenvalue weighted by Crippen LogP contribution is -2.09. The molecule has 0 saturated heterocycles. The number of hydrogen-bond acceptors (Lipinski definition) is 14. The minimum Gasteiger partial charge on any atom is -0.379 e. The molecule has 20 heteroatoms. The van der Waals surface area contributed by atoms with Gasteiger partial charge in [-0.05, 0) is 97.9 Å². The Morgan fingerprint density at radius 2 is 1.18 bits per heavy atom. The maximum Gasteiger partial charge on any atom is 0.339 e. The van der Waals surface area contributed by atoms with Crippen LogP contribution in [0.25, 0.3) is 10.8 Å². The summed E-state index contributed by atoms with van der Waals surface area (Å²) < 4.78 is 97.5. The third kappa shape index (κ3) is 9.20.